The van der Waals surface area contributed by atoms with Gasteiger partial charge >= 0.3 is 0 Å². The van der Waals surface area contributed by atoms with Crippen molar-refractivity contribution >= 4 is 0 Å². The van der Waals surface area contributed by atoms with Crippen LogP contribution in [0.2, 0.25) is 0 Å². The fraction of sp³-hybridized carbons (Fsp3) is 1.00. The molecule has 0 aromatic carbocycles. The zero-order chi connectivity index (χ0) is 12.2. The maximum atomic E-state index is 3.81. The maximum Gasteiger partial charge on any atom is 0.0195 e. The van der Waals surface area contributed by atoms with Gasteiger partial charge in [-0.1, -0.05) is 25.7 Å². The van der Waals surface area contributed by atoms with E-state index in [0.29, 0.717) is 0 Å². The first-order chi connectivity index (χ1) is 8.93. The number of nitrogens with zero attached hydrogens (tertiary/aromatic N) is 1. The molecule has 0 bridgehead atoms. The molecule has 0 radical (unpaired) electrons. The Balaban J connectivity index is 1.53. The third-order valence-corrected chi connectivity index (χ3v) is 5.48. The zero-order valence-corrected chi connectivity index (χ0v) is 11.9. The molecular formula is C16H30N2. The van der Waals surface area contributed by atoms with Crippen molar-refractivity contribution in [2.24, 2.45) is 5.92 Å². The van der Waals surface area contributed by atoms with Crippen molar-refractivity contribution in [3.63, 3.8) is 0 Å². The van der Waals surface area contributed by atoms with Gasteiger partial charge in [0.25, 0.3) is 0 Å². The Bertz CT molecular complexity index is 245. The van der Waals surface area contributed by atoms with E-state index >= 15 is 0 Å². The van der Waals surface area contributed by atoms with E-state index in [4.69, 9.17) is 0 Å². The number of rotatable bonds is 2. The zero-order valence-electron chi connectivity index (χ0n) is 11.9. The largest absolute Gasteiger partial charge is 0.313 e. The van der Waals surface area contributed by atoms with Gasteiger partial charge in [-0.25, -0.2) is 0 Å². The van der Waals surface area contributed by atoms with Crippen LogP contribution < -0.4 is 5.32 Å². The lowest BCUT2D eigenvalue weighted by atomic mass is 9.91. The molecule has 1 aliphatic carbocycles. The molecule has 3 fully saturated rings. The van der Waals surface area contributed by atoms with Crippen LogP contribution in [-0.2, 0) is 0 Å². The van der Waals surface area contributed by atoms with Crippen LogP contribution in [-0.4, -0.2) is 36.6 Å². The number of piperidine rings is 1. The predicted molar refractivity (Wildman–Crippen MR) is 76.8 cm³/mol. The average Bonchev–Trinajstić information content (AvgIpc) is 2.81. The lowest BCUT2D eigenvalue weighted by Crippen LogP contribution is -2.49. The van der Waals surface area contributed by atoms with Crippen LogP contribution >= 0.6 is 0 Å². The summed E-state index contributed by atoms with van der Waals surface area (Å²) in [5.41, 5.74) is 0. The van der Waals surface area contributed by atoms with Gasteiger partial charge in [0.1, 0.15) is 0 Å². The highest BCUT2D eigenvalue weighted by atomic mass is 15.2. The summed E-state index contributed by atoms with van der Waals surface area (Å²) < 4.78 is 0. The molecular weight excluding hydrogens is 220 g/mol. The third-order valence-electron chi connectivity index (χ3n) is 5.48. The fourth-order valence-corrected chi connectivity index (χ4v) is 4.50. The molecule has 2 nitrogen and oxygen atoms in total. The molecule has 18 heavy (non-hydrogen) atoms. The molecule has 2 heterocycles. The van der Waals surface area contributed by atoms with Gasteiger partial charge in [-0.05, 0) is 57.5 Å². The standard InChI is InChI=1S/C16H30N2/c1-2-4-11-17-15(9-3-1)13-18-12-6-8-14-7-5-10-16(14)18/h14-17H,1-13H2. The van der Waals surface area contributed by atoms with Crippen LogP contribution in [0.25, 0.3) is 0 Å². The molecule has 2 heteroatoms. The monoisotopic (exact) mass is 250 g/mol. The minimum atomic E-state index is 0.782. The molecule has 3 rings (SSSR count). The summed E-state index contributed by atoms with van der Waals surface area (Å²) in [6.07, 6.45) is 14.6. The smallest absolute Gasteiger partial charge is 0.0195 e. The molecule has 0 amide bonds. The topological polar surface area (TPSA) is 15.3 Å². The van der Waals surface area contributed by atoms with Crippen LogP contribution in [0.1, 0.15) is 64.2 Å². The summed E-state index contributed by atoms with van der Waals surface area (Å²) in [6.45, 7) is 3.97. The van der Waals surface area contributed by atoms with E-state index in [-0.39, 0.29) is 0 Å². The van der Waals surface area contributed by atoms with Crippen LogP contribution in [0, 0.1) is 5.92 Å². The van der Waals surface area contributed by atoms with Crippen molar-refractivity contribution in [1.29, 1.82) is 0 Å². The molecule has 3 aliphatic rings. The Morgan fingerprint density at radius 1 is 0.833 bits per heavy atom. The molecule has 0 aromatic rings. The van der Waals surface area contributed by atoms with Crippen molar-refractivity contribution in [3.05, 3.63) is 0 Å². The minimum absolute atomic E-state index is 0.782. The SMILES string of the molecule is C1CCCC(CN2CCCC3CCCC32)NCC1. The summed E-state index contributed by atoms with van der Waals surface area (Å²) >= 11 is 0. The van der Waals surface area contributed by atoms with Crippen molar-refractivity contribution in [2.75, 3.05) is 19.6 Å². The number of hydrogen-bond donors (Lipinski definition) is 1. The van der Waals surface area contributed by atoms with E-state index in [0.717, 1.165) is 18.0 Å². The number of fused-ring (bicyclic) bond motifs is 1. The highest BCUT2D eigenvalue weighted by Crippen LogP contribution is 2.36. The Kier molecular flexibility index (Phi) is 4.58. The number of likely N-dealkylation sites (tertiary alicyclic amines) is 1. The maximum absolute atomic E-state index is 3.81. The van der Waals surface area contributed by atoms with Gasteiger partial charge in [0.05, 0.1) is 0 Å². The van der Waals surface area contributed by atoms with E-state index in [1.54, 1.807) is 0 Å². The van der Waals surface area contributed by atoms with Crippen LogP contribution in [0.3, 0.4) is 0 Å². The van der Waals surface area contributed by atoms with Gasteiger partial charge in [0.15, 0.2) is 0 Å². The minimum Gasteiger partial charge on any atom is -0.313 e. The van der Waals surface area contributed by atoms with E-state index in [2.05, 4.69) is 10.2 Å². The highest BCUT2D eigenvalue weighted by Gasteiger charge is 2.35. The molecule has 104 valence electrons. The highest BCUT2D eigenvalue weighted by molar-refractivity contribution is 4.90. The average molecular weight is 250 g/mol. The molecule has 0 aromatic heterocycles. The summed E-state index contributed by atoms with van der Waals surface area (Å²) in [5.74, 6) is 1.05. The van der Waals surface area contributed by atoms with Crippen LogP contribution in [0.15, 0.2) is 0 Å². The summed E-state index contributed by atoms with van der Waals surface area (Å²) in [6, 6.07) is 1.73. The second kappa shape index (κ2) is 6.38. The van der Waals surface area contributed by atoms with E-state index in [1.807, 2.05) is 0 Å². The summed E-state index contributed by atoms with van der Waals surface area (Å²) in [5, 5.41) is 3.81. The van der Waals surface area contributed by atoms with Gasteiger partial charge in [-0.15, -0.1) is 0 Å². The normalized spacial score (nSPS) is 39.0. The first kappa shape index (κ1) is 12.9. The molecule has 1 N–H and O–H groups in total. The predicted octanol–water partition coefficient (Wildman–Crippen LogP) is 3.17. The molecule has 3 unspecified atom stereocenters. The Hall–Kier alpha value is -0.0800. The lowest BCUT2D eigenvalue weighted by Gasteiger charge is -2.40. The van der Waals surface area contributed by atoms with Crippen molar-refractivity contribution in [3.8, 4) is 0 Å². The van der Waals surface area contributed by atoms with Crippen molar-refractivity contribution < 1.29 is 0 Å². The molecule has 2 saturated heterocycles. The fourth-order valence-electron chi connectivity index (χ4n) is 4.50. The van der Waals surface area contributed by atoms with Crippen LogP contribution in [0.4, 0.5) is 0 Å². The third kappa shape index (κ3) is 3.08. The lowest BCUT2D eigenvalue weighted by molar-refractivity contribution is 0.0984. The van der Waals surface area contributed by atoms with E-state index in [1.165, 1.54) is 83.8 Å². The first-order valence-electron chi connectivity index (χ1n) is 8.41. The molecule has 0 spiro atoms. The quantitative estimate of drug-likeness (QED) is 0.810. The summed E-state index contributed by atoms with van der Waals surface area (Å²) in [4.78, 5) is 2.85. The second-order valence-corrected chi connectivity index (χ2v) is 6.75. The second-order valence-electron chi connectivity index (χ2n) is 6.75. The van der Waals surface area contributed by atoms with Crippen molar-refractivity contribution in [1.82, 2.24) is 10.2 Å². The number of hydrogen-bond acceptors (Lipinski definition) is 2. The van der Waals surface area contributed by atoms with Gasteiger partial charge in [-0.3, -0.25) is 4.90 Å². The van der Waals surface area contributed by atoms with Gasteiger partial charge < -0.3 is 5.32 Å². The Labute approximate surface area is 113 Å². The Morgan fingerprint density at radius 3 is 2.72 bits per heavy atom. The van der Waals surface area contributed by atoms with Gasteiger partial charge in [0.2, 0.25) is 0 Å². The van der Waals surface area contributed by atoms with Gasteiger partial charge in [-0.2, -0.15) is 0 Å². The molecule has 3 atom stereocenters. The van der Waals surface area contributed by atoms with Gasteiger partial charge in [0, 0.05) is 18.6 Å². The molecule has 1 saturated carbocycles. The Morgan fingerprint density at radius 2 is 1.72 bits per heavy atom. The summed E-state index contributed by atoms with van der Waals surface area (Å²) in [7, 11) is 0. The van der Waals surface area contributed by atoms with E-state index in [9.17, 15) is 0 Å². The van der Waals surface area contributed by atoms with E-state index < -0.39 is 0 Å². The van der Waals surface area contributed by atoms with Crippen LogP contribution in [0.5, 0.6) is 0 Å². The first-order valence-corrected chi connectivity index (χ1v) is 8.41. The van der Waals surface area contributed by atoms with Crippen molar-refractivity contribution in [2.45, 2.75) is 76.3 Å². The molecule has 2 aliphatic heterocycles. The number of nitrogens with one attached hydrogen (secondary N) is 1.